The van der Waals surface area contributed by atoms with E-state index in [4.69, 9.17) is 16.3 Å². The van der Waals surface area contributed by atoms with Crippen molar-refractivity contribution in [1.29, 1.82) is 0 Å². The molecule has 10 heteroatoms. The zero-order valence-electron chi connectivity index (χ0n) is 17.7. The smallest absolute Gasteiger partial charge is 0.310 e. The Morgan fingerprint density at radius 3 is 2.45 bits per heavy atom. The number of rotatable bonds is 6. The van der Waals surface area contributed by atoms with Crippen LogP contribution in [-0.4, -0.2) is 31.0 Å². The number of hydrogen-bond donors (Lipinski definition) is 1. The molecular formula is C23H19ClF2N4O3. The summed E-state index contributed by atoms with van der Waals surface area (Å²) < 4.78 is 35.9. The number of aliphatic hydroxyl groups is 1. The summed E-state index contributed by atoms with van der Waals surface area (Å²) in [5.74, 6) is -1.48. The SMILES string of the molecule is Cc1cn(-c2ccc(Oc3cc(Cl)nn([C@@H](CO)c4cc(F)cc(F)c4)c3=O)cc2C)cn1. The van der Waals surface area contributed by atoms with Crippen LogP contribution in [0.15, 0.2) is 59.8 Å². The number of aryl methyl sites for hydroxylation is 2. The van der Waals surface area contributed by atoms with Crippen molar-refractivity contribution in [3.8, 4) is 17.2 Å². The summed E-state index contributed by atoms with van der Waals surface area (Å²) in [6.07, 6.45) is 3.58. The molecule has 2 aromatic heterocycles. The summed E-state index contributed by atoms with van der Waals surface area (Å²) in [7, 11) is 0. The van der Waals surface area contributed by atoms with Crippen LogP contribution in [0.25, 0.3) is 5.69 Å². The molecule has 0 fully saturated rings. The minimum Gasteiger partial charge on any atom is -0.451 e. The maximum atomic E-state index is 13.7. The van der Waals surface area contributed by atoms with Crippen molar-refractivity contribution in [2.45, 2.75) is 19.9 Å². The lowest BCUT2D eigenvalue weighted by molar-refractivity contribution is 0.235. The van der Waals surface area contributed by atoms with E-state index in [-0.39, 0.29) is 16.5 Å². The Kier molecular flexibility index (Phi) is 6.26. The van der Waals surface area contributed by atoms with E-state index in [1.54, 1.807) is 18.5 Å². The minimum absolute atomic E-state index is 0.0219. The second-order valence-corrected chi connectivity index (χ2v) is 7.84. The molecule has 2 heterocycles. The lowest BCUT2D eigenvalue weighted by Gasteiger charge is -2.18. The molecule has 0 aliphatic carbocycles. The number of halogens is 3. The van der Waals surface area contributed by atoms with E-state index in [9.17, 15) is 18.7 Å². The van der Waals surface area contributed by atoms with Crippen molar-refractivity contribution in [2.24, 2.45) is 0 Å². The van der Waals surface area contributed by atoms with Gasteiger partial charge in [0.1, 0.15) is 23.4 Å². The Morgan fingerprint density at radius 1 is 1.12 bits per heavy atom. The molecule has 4 aromatic rings. The maximum absolute atomic E-state index is 13.7. The second kappa shape index (κ2) is 9.13. The molecule has 33 heavy (non-hydrogen) atoms. The van der Waals surface area contributed by atoms with Gasteiger partial charge in [-0.1, -0.05) is 11.6 Å². The van der Waals surface area contributed by atoms with E-state index < -0.39 is 29.8 Å². The van der Waals surface area contributed by atoms with Crippen LogP contribution in [0.2, 0.25) is 5.15 Å². The van der Waals surface area contributed by atoms with Crippen molar-refractivity contribution in [1.82, 2.24) is 19.3 Å². The summed E-state index contributed by atoms with van der Waals surface area (Å²) in [5.41, 5.74) is 1.93. The van der Waals surface area contributed by atoms with Crippen LogP contribution >= 0.6 is 11.6 Å². The van der Waals surface area contributed by atoms with Crippen LogP contribution in [-0.2, 0) is 0 Å². The lowest BCUT2D eigenvalue weighted by atomic mass is 10.1. The van der Waals surface area contributed by atoms with Crippen molar-refractivity contribution < 1.29 is 18.6 Å². The third kappa shape index (κ3) is 4.79. The van der Waals surface area contributed by atoms with Crippen molar-refractivity contribution in [2.75, 3.05) is 6.61 Å². The van der Waals surface area contributed by atoms with E-state index >= 15 is 0 Å². The predicted octanol–water partition coefficient (Wildman–Crippen LogP) is 4.35. The van der Waals surface area contributed by atoms with Gasteiger partial charge >= 0.3 is 5.56 Å². The zero-order chi connectivity index (χ0) is 23.7. The van der Waals surface area contributed by atoms with Gasteiger partial charge in [0, 0.05) is 24.0 Å². The second-order valence-electron chi connectivity index (χ2n) is 7.45. The lowest BCUT2D eigenvalue weighted by Crippen LogP contribution is -2.31. The minimum atomic E-state index is -1.17. The highest BCUT2D eigenvalue weighted by Gasteiger charge is 2.21. The molecule has 4 rings (SSSR count). The van der Waals surface area contributed by atoms with Crippen LogP contribution in [0.1, 0.15) is 22.9 Å². The number of aliphatic hydroxyl groups excluding tert-OH is 1. The zero-order valence-corrected chi connectivity index (χ0v) is 18.4. The molecular weight excluding hydrogens is 454 g/mol. The Hall–Kier alpha value is -3.56. The summed E-state index contributed by atoms with van der Waals surface area (Å²) >= 11 is 6.09. The van der Waals surface area contributed by atoms with Gasteiger partial charge in [-0.3, -0.25) is 4.79 Å². The van der Waals surface area contributed by atoms with Gasteiger partial charge in [-0.05, 0) is 55.3 Å². The fourth-order valence-electron chi connectivity index (χ4n) is 3.50. The van der Waals surface area contributed by atoms with Crippen molar-refractivity contribution in [3.63, 3.8) is 0 Å². The van der Waals surface area contributed by atoms with Gasteiger partial charge in [0.15, 0.2) is 10.9 Å². The Morgan fingerprint density at radius 2 is 1.85 bits per heavy atom. The molecule has 0 aliphatic heterocycles. The molecule has 170 valence electrons. The molecule has 0 radical (unpaired) electrons. The Balaban J connectivity index is 1.70. The number of aromatic nitrogens is 4. The first kappa shape index (κ1) is 22.6. The molecule has 0 saturated carbocycles. The number of hydrogen-bond acceptors (Lipinski definition) is 5. The number of nitrogens with zero attached hydrogens (tertiary/aromatic N) is 4. The third-order valence-electron chi connectivity index (χ3n) is 5.00. The first-order chi connectivity index (χ1) is 15.7. The first-order valence-electron chi connectivity index (χ1n) is 9.91. The summed E-state index contributed by atoms with van der Waals surface area (Å²) in [6.45, 7) is 3.13. The average Bonchev–Trinajstić information content (AvgIpc) is 3.17. The van der Waals surface area contributed by atoms with Crippen LogP contribution < -0.4 is 10.3 Å². The molecule has 0 spiro atoms. The van der Waals surface area contributed by atoms with E-state index in [0.717, 1.165) is 33.8 Å². The van der Waals surface area contributed by atoms with Gasteiger partial charge < -0.3 is 14.4 Å². The maximum Gasteiger partial charge on any atom is 0.310 e. The fraction of sp³-hybridized carbons (Fsp3) is 0.174. The van der Waals surface area contributed by atoms with Crippen LogP contribution in [0.3, 0.4) is 0 Å². The largest absolute Gasteiger partial charge is 0.451 e. The molecule has 7 nitrogen and oxygen atoms in total. The highest BCUT2D eigenvalue weighted by Crippen LogP contribution is 2.26. The molecule has 1 atom stereocenters. The highest BCUT2D eigenvalue weighted by molar-refractivity contribution is 6.29. The molecule has 0 amide bonds. The Labute approximate surface area is 192 Å². The standard InChI is InChI=1S/C23H19ClF2N4O3/c1-13-5-18(3-4-19(13)29-10-14(2)27-12-29)33-21-9-22(24)28-30(23(21)32)20(11-31)15-6-16(25)8-17(26)7-15/h3-10,12,20,31H,11H2,1-2H3/t20-/m0/s1. The molecule has 0 bridgehead atoms. The molecule has 2 aromatic carbocycles. The summed E-state index contributed by atoms with van der Waals surface area (Å²) in [5, 5.41) is 13.7. The monoisotopic (exact) mass is 472 g/mol. The van der Waals surface area contributed by atoms with Gasteiger partial charge in [0.05, 0.1) is 18.6 Å². The van der Waals surface area contributed by atoms with Gasteiger partial charge in [0.25, 0.3) is 0 Å². The average molecular weight is 473 g/mol. The van der Waals surface area contributed by atoms with Gasteiger partial charge in [-0.2, -0.15) is 5.10 Å². The Bertz CT molecular complexity index is 1370. The number of benzene rings is 2. The van der Waals surface area contributed by atoms with E-state index in [2.05, 4.69) is 10.1 Å². The highest BCUT2D eigenvalue weighted by atomic mass is 35.5. The third-order valence-corrected chi connectivity index (χ3v) is 5.18. The summed E-state index contributed by atoms with van der Waals surface area (Å²) in [6, 6.07) is 8.03. The van der Waals surface area contributed by atoms with Crippen LogP contribution in [0, 0.1) is 25.5 Å². The van der Waals surface area contributed by atoms with Crippen molar-refractivity contribution in [3.05, 3.63) is 99.0 Å². The summed E-state index contributed by atoms with van der Waals surface area (Å²) in [4.78, 5) is 17.3. The quantitative estimate of drug-likeness (QED) is 0.451. The van der Waals surface area contributed by atoms with E-state index in [1.165, 1.54) is 6.07 Å². The van der Waals surface area contributed by atoms with Crippen LogP contribution in [0.4, 0.5) is 8.78 Å². The van der Waals surface area contributed by atoms with Gasteiger partial charge in [-0.25, -0.2) is 18.4 Å². The van der Waals surface area contributed by atoms with E-state index in [1.807, 2.05) is 30.7 Å². The first-order valence-corrected chi connectivity index (χ1v) is 10.3. The van der Waals surface area contributed by atoms with Crippen molar-refractivity contribution >= 4 is 11.6 Å². The molecule has 0 saturated heterocycles. The predicted molar refractivity (Wildman–Crippen MR) is 118 cm³/mol. The molecule has 0 unspecified atom stereocenters. The topological polar surface area (TPSA) is 82.2 Å². The molecule has 0 aliphatic rings. The normalized spacial score (nSPS) is 12.1. The molecule has 1 N–H and O–H groups in total. The van der Waals surface area contributed by atoms with Gasteiger partial charge in [0.2, 0.25) is 0 Å². The van der Waals surface area contributed by atoms with Gasteiger partial charge in [-0.15, -0.1) is 0 Å². The fourth-order valence-corrected chi connectivity index (χ4v) is 3.68. The number of imidazole rings is 1. The van der Waals surface area contributed by atoms with E-state index in [0.29, 0.717) is 11.8 Å². The number of ether oxygens (including phenoxy) is 1. The van der Waals surface area contributed by atoms with Crippen LogP contribution in [0.5, 0.6) is 11.5 Å².